The monoisotopic (exact) mass is 418 g/mol. The van der Waals surface area contributed by atoms with Gasteiger partial charge in [-0.3, -0.25) is 4.79 Å². The molecule has 3 rings (SSSR count). The van der Waals surface area contributed by atoms with Crippen molar-refractivity contribution in [2.24, 2.45) is 5.10 Å². The van der Waals surface area contributed by atoms with Gasteiger partial charge in [0.2, 0.25) is 0 Å². The molecule has 0 saturated carbocycles. The van der Waals surface area contributed by atoms with Gasteiger partial charge in [0.1, 0.15) is 17.3 Å². The summed E-state index contributed by atoms with van der Waals surface area (Å²) in [6.07, 6.45) is 5.75. The number of carbonyl (C=O) groups excluding carboxylic acids is 2. The first kappa shape index (κ1) is 21.6. The van der Waals surface area contributed by atoms with Crippen LogP contribution < -0.4 is 14.9 Å². The Kier molecular flexibility index (Phi) is 7.37. The van der Waals surface area contributed by atoms with Crippen LogP contribution in [-0.4, -0.2) is 24.7 Å². The van der Waals surface area contributed by atoms with Gasteiger partial charge in [-0.2, -0.15) is 5.10 Å². The van der Waals surface area contributed by atoms with Gasteiger partial charge >= 0.3 is 5.97 Å². The van der Waals surface area contributed by atoms with Gasteiger partial charge in [0, 0.05) is 6.08 Å². The third-order valence-electron chi connectivity index (χ3n) is 4.25. The lowest BCUT2D eigenvalue weighted by Crippen LogP contribution is -2.24. The second-order valence-corrected chi connectivity index (χ2v) is 6.67. The van der Waals surface area contributed by atoms with E-state index in [9.17, 15) is 9.59 Å². The molecule has 0 spiro atoms. The second kappa shape index (κ2) is 10.6. The van der Waals surface area contributed by atoms with Crippen LogP contribution in [0.3, 0.4) is 0 Å². The van der Waals surface area contributed by atoms with E-state index in [1.165, 1.54) is 24.6 Å². The Labute approximate surface area is 180 Å². The molecule has 1 aromatic heterocycles. The van der Waals surface area contributed by atoms with Crippen LogP contribution in [0.2, 0.25) is 0 Å². The Balaban J connectivity index is 1.47. The number of benzene rings is 2. The fourth-order valence-electron chi connectivity index (χ4n) is 2.51. The number of nitrogens with zero attached hydrogens (tertiary/aromatic N) is 1. The first-order valence-electron chi connectivity index (χ1n) is 9.55. The number of furan rings is 1. The normalized spacial score (nSPS) is 11.0. The first-order valence-corrected chi connectivity index (χ1v) is 9.55. The van der Waals surface area contributed by atoms with Crippen molar-refractivity contribution in [3.8, 4) is 11.5 Å². The number of nitrogens with one attached hydrogen (secondary N) is 1. The molecule has 0 bridgehead atoms. The van der Waals surface area contributed by atoms with Crippen LogP contribution in [0.25, 0.3) is 6.08 Å². The number of hydrogen-bond acceptors (Lipinski definition) is 6. The molecule has 0 unspecified atom stereocenters. The third-order valence-corrected chi connectivity index (χ3v) is 4.25. The van der Waals surface area contributed by atoms with Gasteiger partial charge in [-0.1, -0.05) is 18.2 Å². The molecule has 0 atom stereocenters. The zero-order chi connectivity index (χ0) is 22.1. The maximum atomic E-state index is 11.9. The van der Waals surface area contributed by atoms with Gasteiger partial charge in [-0.25, -0.2) is 10.2 Å². The molecule has 1 heterocycles. The summed E-state index contributed by atoms with van der Waals surface area (Å²) in [4.78, 5) is 23.8. The third kappa shape index (κ3) is 7.01. The van der Waals surface area contributed by atoms with Crippen LogP contribution in [0.4, 0.5) is 0 Å². The lowest BCUT2D eigenvalue weighted by atomic mass is 10.1. The lowest BCUT2D eigenvalue weighted by Gasteiger charge is -2.07. The van der Waals surface area contributed by atoms with E-state index in [0.29, 0.717) is 22.8 Å². The van der Waals surface area contributed by atoms with Gasteiger partial charge in [0.05, 0.1) is 12.5 Å². The van der Waals surface area contributed by atoms with Crippen molar-refractivity contribution in [2.45, 2.75) is 13.8 Å². The molecular weight excluding hydrogens is 396 g/mol. The fourth-order valence-corrected chi connectivity index (χ4v) is 2.51. The van der Waals surface area contributed by atoms with Crippen LogP contribution in [0, 0.1) is 13.8 Å². The number of hydrogen-bond donors (Lipinski definition) is 1. The van der Waals surface area contributed by atoms with Gasteiger partial charge in [-0.15, -0.1) is 0 Å². The molecule has 0 aliphatic heterocycles. The van der Waals surface area contributed by atoms with E-state index in [4.69, 9.17) is 13.9 Å². The van der Waals surface area contributed by atoms with Crippen molar-refractivity contribution in [1.29, 1.82) is 0 Å². The minimum Gasteiger partial charge on any atom is -0.484 e. The standard InChI is InChI=1S/C24H22N2O5/c1-17-8-9-21(13-18(17)2)30-16-23(27)26-25-15-19-5-3-6-22(14-19)31-24(28)11-10-20-7-4-12-29-20/h3-15H,16H2,1-2H3,(H,26,27)/b11-10+,25-15+. The minimum atomic E-state index is -0.540. The Morgan fingerprint density at radius 1 is 1.03 bits per heavy atom. The summed E-state index contributed by atoms with van der Waals surface area (Å²) in [6, 6.07) is 15.8. The number of amides is 1. The number of aryl methyl sites for hydroxylation is 2. The number of ether oxygens (including phenoxy) is 2. The summed E-state index contributed by atoms with van der Waals surface area (Å²) in [5, 5.41) is 3.90. The predicted molar refractivity (Wildman–Crippen MR) is 117 cm³/mol. The average molecular weight is 418 g/mol. The summed E-state index contributed by atoms with van der Waals surface area (Å²) < 4.78 is 15.8. The molecule has 0 saturated heterocycles. The Bertz CT molecular complexity index is 1100. The van der Waals surface area contributed by atoms with E-state index in [2.05, 4.69) is 10.5 Å². The molecule has 1 N–H and O–H groups in total. The number of rotatable bonds is 8. The van der Waals surface area contributed by atoms with Gasteiger partial charge < -0.3 is 13.9 Å². The highest BCUT2D eigenvalue weighted by Crippen LogP contribution is 2.16. The van der Waals surface area contributed by atoms with Crippen LogP contribution in [-0.2, 0) is 9.59 Å². The Morgan fingerprint density at radius 2 is 1.90 bits per heavy atom. The molecule has 31 heavy (non-hydrogen) atoms. The summed E-state index contributed by atoms with van der Waals surface area (Å²) in [7, 11) is 0. The van der Waals surface area contributed by atoms with Gasteiger partial charge in [0.15, 0.2) is 6.61 Å². The van der Waals surface area contributed by atoms with Crippen molar-refractivity contribution in [3.05, 3.63) is 89.4 Å². The molecule has 0 aliphatic carbocycles. The molecular formula is C24H22N2O5. The lowest BCUT2D eigenvalue weighted by molar-refractivity contribution is -0.129. The van der Waals surface area contributed by atoms with E-state index in [-0.39, 0.29) is 12.5 Å². The van der Waals surface area contributed by atoms with E-state index in [1.807, 2.05) is 32.0 Å². The molecule has 0 fully saturated rings. The number of esters is 1. The van der Waals surface area contributed by atoms with Crippen LogP contribution >= 0.6 is 0 Å². The summed E-state index contributed by atoms with van der Waals surface area (Å²) >= 11 is 0. The second-order valence-electron chi connectivity index (χ2n) is 6.67. The Morgan fingerprint density at radius 3 is 2.68 bits per heavy atom. The molecule has 0 radical (unpaired) electrons. The fraction of sp³-hybridized carbons (Fsp3) is 0.125. The van der Waals surface area contributed by atoms with E-state index >= 15 is 0 Å². The van der Waals surface area contributed by atoms with Crippen LogP contribution in [0.1, 0.15) is 22.5 Å². The average Bonchev–Trinajstić information content (AvgIpc) is 3.27. The van der Waals surface area contributed by atoms with E-state index < -0.39 is 5.97 Å². The zero-order valence-corrected chi connectivity index (χ0v) is 17.2. The summed E-state index contributed by atoms with van der Waals surface area (Å²) in [5.74, 6) is 0.595. The molecule has 3 aromatic rings. The first-order chi connectivity index (χ1) is 15.0. The van der Waals surface area contributed by atoms with Crippen molar-refractivity contribution in [1.82, 2.24) is 5.43 Å². The number of hydrazone groups is 1. The highest BCUT2D eigenvalue weighted by atomic mass is 16.5. The van der Waals surface area contributed by atoms with Crippen molar-refractivity contribution in [2.75, 3.05) is 6.61 Å². The van der Waals surface area contributed by atoms with Crippen LogP contribution in [0.15, 0.2) is 76.5 Å². The highest BCUT2D eigenvalue weighted by Gasteiger charge is 2.04. The highest BCUT2D eigenvalue weighted by molar-refractivity contribution is 5.89. The van der Waals surface area contributed by atoms with Crippen molar-refractivity contribution in [3.63, 3.8) is 0 Å². The van der Waals surface area contributed by atoms with Crippen LogP contribution in [0.5, 0.6) is 11.5 Å². The molecule has 158 valence electrons. The number of carbonyl (C=O) groups is 2. The summed E-state index contributed by atoms with van der Waals surface area (Å²) in [5.41, 5.74) is 5.29. The van der Waals surface area contributed by atoms with Crippen molar-refractivity contribution >= 4 is 24.2 Å². The van der Waals surface area contributed by atoms with E-state index in [0.717, 1.165) is 11.1 Å². The zero-order valence-electron chi connectivity index (χ0n) is 17.2. The maximum Gasteiger partial charge on any atom is 0.336 e. The molecule has 7 heteroatoms. The summed E-state index contributed by atoms with van der Waals surface area (Å²) in [6.45, 7) is 3.83. The molecule has 1 amide bonds. The quantitative estimate of drug-likeness (QED) is 0.196. The van der Waals surface area contributed by atoms with Gasteiger partial charge in [0.25, 0.3) is 5.91 Å². The molecule has 2 aromatic carbocycles. The maximum absolute atomic E-state index is 11.9. The SMILES string of the molecule is Cc1ccc(OCC(=O)N/N=C/c2cccc(OC(=O)/C=C/c3ccco3)c2)cc1C. The molecule has 7 nitrogen and oxygen atoms in total. The smallest absolute Gasteiger partial charge is 0.336 e. The topological polar surface area (TPSA) is 90.1 Å². The molecule has 0 aliphatic rings. The predicted octanol–water partition coefficient (Wildman–Crippen LogP) is 4.04. The minimum absolute atomic E-state index is 0.153. The largest absolute Gasteiger partial charge is 0.484 e. The van der Waals surface area contributed by atoms with Crippen molar-refractivity contribution < 1.29 is 23.5 Å². The Hall–Kier alpha value is -4.13. The van der Waals surface area contributed by atoms with E-state index in [1.54, 1.807) is 36.4 Å². The van der Waals surface area contributed by atoms with Gasteiger partial charge in [-0.05, 0) is 73.0 Å².